The van der Waals surface area contributed by atoms with Crippen LogP contribution in [0.15, 0.2) is 205 Å². The van der Waals surface area contributed by atoms with E-state index < -0.39 is 312 Å². The van der Waals surface area contributed by atoms with E-state index in [1.807, 2.05) is 0 Å². The van der Waals surface area contributed by atoms with Crippen molar-refractivity contribution in [2.24, 2.45) is 0 Å². The number of fused-ring (bicyclic) bond motifs is 7. The van der Waals surface area contributed by atoms with Crippen LogP contribution in [0.3, 0.4) is 0 Å². The fourth-order valence-electron chi connectivity index (χ4n) is 6.68. The van der Waals surface area contributed by atoms with Crippen LogP contribution in [0.4, 0.5) is 0 Å². The normalized spacial score (nSPS) is 19.0. The maximum absolute atomic E-state index is 9.95. The van der Waals surface area contributed by atoms with Gasteiger partial charge in [0.15, 0.2) is 29.1 Å². The van der Waals surface area contributed by atoms with E-state index in [-0.39, 0.29) is 0 Å². The molecule has 0 unspecified atom stereocenters. The van der Waals surface area contributed by atoms with Gasteiger partial charge in [0.1, 0.15) is 0 Å². The van der Waals surface area contributed by atoms with Gasteiger partial charge in [-0.2, -0.15) is 9.97 Å². The first-order valence-corrected chi connectivity index (χ1v) is 17.9. The molecule has 12 rings (SSSR count). The Balaban J connectivity index is 1.30. The van der Waals surface area contributed by atoms with Crippen LogP contribution in [-0.2, 0) is 0 Å². The van der Waals surface area contributed by atoms with Gasteiger partial charge in [-0.05, 0) is 36.3 Å². The molecule has 0 saturated carbocycles. The lowest BCUT2D eigenvalue weighted by atomic mass is 10.1. The Morgan fingerprint density at radius 1 is 0.290 bits per heavy atom. The quantitative estimate of drug-likeness (QED) is 0.159. The summed E-state index contributed by atoms with van der Waals surface area (Å²) in [5.41, 5.74) is -7.57. The molecule has 8 heteroatoms. The molecule has 0 saturated heterocycles. The van der Waals surface area contributed by atoms with E-state index in [0.717, 1.165) is 15.2 Å². The molecule has 0 fully saturated rings. The Morgan fingerprint density at radius 3 is 1.15 bits per heavy atom. The van der Waals surface area contributed by atoms with Crippen LogP contribution < -0.4 is 0 Å². The van der Waals surface area contributed by atoms with Gasteiger partial charge in [-0.25, -0.2) is 19.9 Å². The van der Waals surface area contributed by atoms with Gasteiger partial charge in [0.05, 0.1) is 67.3 Å². The molecule has 62 heavy (non-hydrogen) atoms. The summed E-state index contributed by atoms with van der Waals surface area (Å²) < 4.78 is 297. The third-order valence-electron chi connectivity index (χ3n) is 9.23. The Labute approximate surface area is 402 Å². The van der Waals surface area contributed by atoms with Gasteiger partial charge in [-0.1, -0.05) is 169 Å². The zero-order chi connectivity index (χ0) is 69.7. The summed E-state index contributed by atoms with van der Waals surface area (Å²) in [5.74, 6) is -5.36. The third kappa shape index (κ3) is 5.92. The van der Waals surface area contributed by atoms with E-state index in [1.54, 1.807) is 0 Å². The minimum absolute atomic E-state index is 0.470. The molecule has 0 radical (unpaired) electrons. The van der Waals surface area contributed by atoms with Gasteiger partial charge in [0.25, 0.3) is 0 Å². The fourth-order valence-corrected chi connectivity index (χ4v) is 6.68. The molecule has 0 aliphatic rings. The van der Waals surface area contributed by atoms with Crippen molar-refractivity contribution < 1.29 is 45.2 Å². The Bertz CT molecular complexity index is 5290. The first kappa shape index (κ1) is 15.4. The molecule has 0 aliphatic carbocycles. The Kier molecular flexibility index (Phi) is 3.63. The molecule has 8 nitrogen and oxygen atoms in total. The molecule has 4 aromatic heterocycles. The van der Waals surface area contributed by atoms with E-state index >= 15 is 0 Å². The van der Waals surface area contributed by atoms with Crippen LogP contribution in [0.25, 0.3) is 112 Å². The van der Waals surface area contributed by atoms with E-state index in [9.17, 15) is 12.3 Å². The molecule has 0 amide bonds. The van der Waals surface area contributed by atoms with Crippen molar-refractivity contribution in [2.45, 2.75) is 0 Å². The van der Waals surface area contributed by atoms with E-state index in [2.05, 4.69) is 29.9 Å². The lowest BCUT2D eigenvalue weighted by Gasteiger charge is -2.14. The van der Waals surface area contributed by atoms with E-state index in [0.29, 0.717) is 0 Å². The largest absolute Gasteiger partial charge is 0.307 e. The van der Waals surface area contributed by atoms with Crippen molar-refractivity contribution in [3.05, 3.63) is 205 Å². The van der Waals surface area contributed by atoms with Crippen LogP contribution in [-0.4, -0.2) is 39.0 Å². The topological polar surface area (TPSA) is 87.2 Å². The van der Waals surface area contributed by atoms with Crippen molar-refractivity contribution >= 4 is 43.6 Å². The maximum atomic E-state index is 9.95. The summed E-state index contributed by atoms with van der Waals surface area (Å²) >= 11 is 0. The van der Waals surface area contributed by atoms with Crippen LogP contribution in [0.1, 0.15) is 45.2 Å². The highest BCUT2D eigenvalue weighted by molar-refractivity contribution is 6.23. The zero-order valence-electron chi connectivity index (χ0n) is 63.7. The number of aromatic nitrogens is 8. The second kappa shape index (κ2) is 14.6. The molecule has 290 valence electrons. The third-order valence-corrected chi connectivity index (χ3v) is 9.23. The van der Waals surface area contributed by atoms with Crippen LogP contribution >= 0.6 is 0 Å². The average Bonchev–Trinajstić information content (AvgIpc) is 1.52. The number of rotatable bonds is 7. The van der Waals surface area contributed by atoms with Crippen molar-refractivity contribution in [2.75, 3.05) is 0 Å². The lowest BCUT2D eigenvalue weighted by molar-refractivity contribution is 0.953. The number of para-hydroxylation sites is 2. The smallest absolute Gasteiger partial charge is 0.238 e. The number of benzene rings is 8. The van der Waals surface area contributed by atoms with Crippen LogP contribution in [0, 0.1) is 0 Å². The maximum Gasteiger partial charge on any atom is 0.238 e. The van der Waals surface area contributed by atoms with Gasteiger partial charge in [0.2, 0.25) is 5.95 Å². The monoisotopic (exact) mass is 827 g/mol. The molecule has 0 spiro atoms. The molecule has 12 aromatic rings. The summed E-state index contributed by atoms with van der Waals surface area (Å²) in [6.45, 7) is 0. The van der Waals surface area contributed by atoms with Crippen LogP contribution in [0.5, 0.6) is 0 Å². The molecule has 0 N–H and O–H groups in total. The summed E-state index contributed by atoms with van der Waals surface area (Å²) in [6.07, 6.45) is 0. The molecule has 0 atom stereocenters. The van der Waals surface area contributed by atoms with Crippen LogP contribution in [0.2, 0.25) is 0 Å². The van der Waals surface area contributed by atoms with Crippen molar-refractivity contribution in [1.29, 1.82) is 0 Å². The molecular formula is C54H34N8. The van der Waals surface area contributed by atoms with Crippen molar-refractivity contribution in [1.82, 2.24) is 39.0 Å². The SMILES string of the molecule is [2H]c1cc2c(c([2H])c1[2H])c1c([2H])c([2H])c3c4c([2H])c([2H])c([2H])c([2H])c4n(-c4c([2H])c([2H])c(-c5nc(-c6c([2H])c([2H])c([2H])c([2H])c6[2H])nc(-c6c([2H])c([2H])c([2H])c([2H])c6[2H])n5)c([2H])c4[2H])c3c1n2-c1nc(-c2c([2H])c([2H])c([2H])c([2H])c2[2H])nc(-c2c([2H])c([2H])c([2H])c([2H])c2[2H])n1. The summed E-state index contributed by atoms with van der Waals surface area (Å²) in [5, 5.41) is -2.37. The van der Waals surface area contributed by atoms with Crippen molar-refractivity contribution in [3.8, 4) is 68.6 Å². The second-order valence-corrected chi connectivity index (χ2v) is 12.7. The predicted octanol–water partition coefficient (Wildman–Crippen LogP) is 12.6. The summed E-state index contributed by atoms with van der Waals surface area (Å²) in [7, 11) is 0. The van der Waals surface area contributed by atoms with Gasteiger partial charge in [-0.15, -0.1) is 0 Å². The molecular weight excluding hydrogens is 761 g/mol. The Morgan fingerprint density at radius 2 is 0.661 bits per heavy atom. The minimum atomic E-state index is -1.19. The number of hydrogen-bond acceptors (Lipinski definition) is 6. The standard InChI is InChI=1S/C54H34N8/c1-5-17-35(18-6-1)49-55-50(36-19-7-2-8-20-36)57-51(56-49)39-29-31-40(32-30-39)61-45-27-15-13-25-41(45)43-33-34-44-42-26-14-16-28-46(42)62(48(44)47(43)61)54-59-52(37-21-9-3-10-22-37)58-53(60-54)38-23-11-4-12-24-38/h1-34H/i1D,2D,3D,4D,5D,6D,7D,8D,9D,10D,11D,12D,13D,14D,15D,16D,17D,18D,19D,20D,21D,22D,23D,24D,25D,26D,27D,29D,30D,31D,32D,33D,34D. The fraction of sp³-hybridized carbons (Fsp3) is 0. The Hall–Kier alpha value is -8.62. The highest BCUT2D eigenvalue weighted by atomic mass is 15.2. The molecule has 4 heterocycles. The van der Waals surface area contributed by atoms with E-state index in [1.165, 1.54) is 0 Å². The van der Waals surface area contributed by atoms with Gasteiger partial charge in [0, 0.05) is 55.0 Å². The molecule has 8 aromatic carbocycles. The van der Waals surface area contributed by atoms with Gasteiger partial charge in [-0.3, -0.25) is 4.57 Å². The van der Waals surface area contributed by atoms with Gasteiger partial charge >= 0.3 is 0 Å². The average molecular weight is 828 g/mol. The zero-order valence-corrected chi connectivity index (χ0v) is 30.7. The highest BCUT2D eigenvalue weighted by Gasteiger charge is 2.24. The first-order valence-electron chi connectivity index (χ1n) is 34.4. The highest BCUT2D eigenvalue weighted by Crippen LogP contribution is 2.42. The number of nitrogens with zero attached hydrogens (tertiary/aromatic N) is 8. The predicted molar refractivity (Wildman–Crippen MR) is 249 cm³/mol. The van der Waals surface area contributed by atoms with Crippen molar-refractivity contribution in [3.63, 3.8) is 0 Å². The first-order chi connectivity index (χ1) is 44.4. The number of hydrogen-bond donors (Lipinski definition) is 0. The second-order valence-electron chi connectivity index (χ2n) is 12.7. The summed E-state index contributed by atoms with van der Waals surface area (Å²) in [6, 6.07) is -30.5. The van der Waals surface area contributed by atoms with Gasteiger partial charge < -0.3 is 4.57 Å². The molecule has 0 aliphatic heterocycles. The summed E-state index contributed by atoms with van der Waals surface area (Å²) in [4.78, 5) is 26.2. The molecule has 0 bridgehead atoms. The lowest BCUT2D eigenvalue weighted by Crippen LogP contribution is -2.07. The minimum Gasteiger partial charge on any atom is -0.307 e. The van der Waals surface area contributed by atoms with E-state index in [4.69, 9.17) is 32.9 Å².